The lowest BCUT2D eigenvalue weighted by atomic mass is 10.1. The largest absolute Gasteiger partial charge is 0.462 e. The van der Waals surface area contributed by atoms with E-state index in [4.69, 9.17) is 10.5 Å². The fourth-order valence-corrected chi connectivity index (χ4v) is 2.52. The molecule has 1 aromatic carbocycles. The molecule has 2 rings (SSSR count). The van der Waals surface area contributed by atoms with Gasteiger partial charge in [0.25, 0.3) is 0 Å². The zero-order valence-corrected chi connectivity index (χ0v) is 11.9. The molecule has 0 aliphatic carbocycles. The van der Waals surface area contributed by atoms with Crippen molar-refractivity contribution in [2.75, 3.05) is 12.3 Å². The van der Waals surface area contributed by atoms with Gasteiger partial charge in [-0.2, -0.15) is 0 Å². The van der Waals surface area contributed by atoms with Crippen LogP contribution in [0.25, 0.3) is 0 Å². The molecule has 20 heavy (non-hydrogen) atoms. The molecule has 1 heterocycles. The Labute approximate surface area is 121 Å². The van der Waals surface area contributed by atoms with Crippen LogP contribution in [0.3, 0.4) is 0 Å². The van der Waals surface area contributed by atoms with Gasteiger partial charge in [-0.05, 0) is 30.7 Å². The van der Waals surface area contributed by atoms with Crippen molar-refractivity contribution in [2.45, 2.75) is 13.3 Å². The molecule has 1 aromatic heterocycles. The van der Waals surface area contributed by atoms with Crippen molar-refractivity contribution >= 4 is 28.8 Å². The highest BCUT2D eigenvalue weighted by Gasteiger charge is 2.16. The van der Waals surface area contributed by atoms with Crippen LogP contribution in [0.2, 0.25) is 0 Å². The molecule has 5 heteroatoms. The Balaban J connectivity index is 2.16. The average Bonchev–Trinajstić information content (AvgIpc) is 2.93. The van der Waals surface area contributed by atoms with E-state index >= 15 is 0 Å². The topological polar surface area (TPSA) is 69.4 Å². The van der Waals surface area contributed by atoms with Crippen LogP contribution in [0.15, 0.2) is 36.4 Å². The minimum Gasteiger partial charge on any atom is -0.462 e. The van der Waals surface area contributed by atoms with E-state index in [1.807, 2.05) is 6.92 Å². The summed E-state index contributed by atoms with van der Waals surface area (Å²) < 4.78 is 5.04. The second kappa shape index (κ2) is 6.34. The van der Waals surface area contributed by atoms with E-state index in [0.29, 0.717) is 27.6 Å². The number of hydrogen-bond acceptors (Lipinski definition) is 5. The second-order valence-electron chi connectivity index (χ2n) is 4.25. The second-order valence-corrected chi connectivity index (χ2v) is 5.34. The van der Waals surface area contributed by atoms with Crippen LogP contribution in [0, 0.1) is 0 Å². The monoisotopic (exact) mass is 289 g/mol. The Hall–Kier alpha value is -2.14. The number of ketones is 1. The maximum atomic E-state index is 12.3. The van der Waals surface area contributed by atoms with Gasteiger partial charge in [-0.25, -0.2) is 4.79 Å². The molecule has 0 bridgehead atoms. The molecular formula is C15H15NO3S. The Morgan fingerprint density at radius 2 is 1.95 bits per heavy atom. The number of nitrogens with two attached hydrogens (primary N) is 1. The summed E-state index contributed by atoms with van der Waals surface area (Å²) in [7, 11) is 0. The van der Waals surface area contributed by atoms with Crippen molar-refractivity contribution in [3.05, 3.63) is 51.7 Å². The van der Waals surface area contributed by atoms with Gasteiger partial charge < -0.3 is 10.5 Å². The predicted molar refractivity (Wildman–Crippen MR) is 79.2 cm³/mol. The third kappa shape index (κ3) is 3.24. The smallest absolute Gasteiger partial charge is 0.348 e. The standard InChI is InChI=1S/C15H15NO3S/c1-2-8-19-15(18)13-7-6-12(20-13)14(17)10-4-3-5-11(16)9-10/h3-7,9H,2,8,16H2,1H3. The van der Waals surface area contributed by atoms with Crippen LogP contribution >= 0.6 is 11.3 Å². The maximum Gasteiger partial charge on any atom is 0.348 e. The van der Waals surface area contributed by atoms with Gasteiger partial charge in [-0.15, -0.1) is 11.3 Å². The molecule has 0 saturated heterocycles. The van der Waals surface area contributed by atoms with E-state index in [0.717, 1.165) is 17.8 Å². The highest BCUT2D eigenvalue weighted by Crippen LogP contribution is 2.21. The third-order valence-corrected chi connectivity index (χ3v) is 3.68. The summed E-state index contributed by atoms with van der Waals surface area (Å²) in [5.41, 5.74) is 6.71. The summed E-state index contributed by atoms with van der Waals surface area (Å²) >= 11 is 1.14. The normalized spacial score (nSPS) is 10.2. The Bertz CT molecular complexity index is 634. The van der Waals surface area contributed by atoms with Crippen LogP contribution in [0.4, 0.5) is 5.69 Å². The van der Waals surface area contributed by atoms with Crippen LogP contribution in [-0.4, -0.2) is 18.4 Å². The quantitative estimate of drug-likeness (QED) is 0.521. The Morgan fingerprint density at radius 3 is 2.65 bits per heavy atom. The van der Waals surface area contributed by atoms with Gasteiger partial charge in [0.05, 0.1) is 11.5 Å². The molecule has 0 saturated carbocycles. The molecule has 0 aliphatic heterocycles. The van der Waals surface area contributed by atoms with Crippen molar-refractivity contribution in [1.29, 1.82) is 0 Å². The average molecular weight is 289 g/mol. The zero-order valence-electron chi connectivity index (χ0n) is 11.1. The molecule has 104 valence electrons. The molecule has 4 nitrogen and oxygen atoms in total. The molecule has 0 unspecified atom stereocenters. The molecule has 2 aromatic rings. The first-order valence-corrected chi connectivity index (χ1v) is 7.10. The first-order chi connectivity index (χ1) is 9.61. The first kappa shape index (κ1) is 14.3. The van der Waals surface area contributed by atoms with Crippen LogP contribution in [-0.2, 0) is 4.74 Å². The van der Waals surface area contributed by atoms with Crippen molar-refractivity contribution in [3.8, 4) is 0 Å². The Kier molecular flexibility index (Phi) is 4.53. The van der Waals surface area contributed by atoms with E-state index < -0.39 is 0 Å². The van der Waals surface area contributed by atoms with Crippen molar-refractivity contribution in [3.63, 3.8) is 0 Å². The van der Waals surface area contributed by atoms with Gasteiger partial charge in [0.15, 0.2) is 0 Å². The number of hydrogen-bond donors (Lipinski definition) is 1. The molecule has 0 amide bonds. The lowest BCUT2D eigenvalue weighted by Crippen LogP contribution is -2.03. The fraction of sp³-hybridized carbons (Fsp3) is 0.200. The SMILES string of the molecule is CCCOC(=O)c1ccc(C(=O)c2cccc(N)c2)s1. The zero-order chi connectivity index (χ0) is 14.5. The molecule has 0 atom stereocenters. The molecule has 0 radical (unpaired) electrons. The summed E-state index contributed by atoms with van der Waals surface area (Å²) in [6.07, 6.45) is 0.770. The van der Waals surface area contributed by atoms with E-state index in [9.17, 15) is 9.59 Å². The van der Waals surface area contributed by atoms with E-state index in [1.54, 1.807) is 36.4 Å². The number of thiophene rings is 1. The maximum absolute atomic E-state index is 12.3. The minimum atomic E-state index is -0.386. The third-order valence-electron chi connectivity index (χ3n) is 2.62. The molecule has 0 spiro atoms. The molecule has 0 aliphatic rings. The van der Waals surface area contributed by atoms with Crippen LogP contribution < -0.4 is 5.73 Å². The lowest BCUT2D eigenvalue weighted by Gasteiger charge is -2.00. The number of nitrogen functional groups attached to an aromatic ring is 1. The molecular weight excluding hydrogens is 274 g/mol. The van der Waals surface area contributed by atoms with Crippen molar-refractivity contribution in [1.82, 2.24) is 0 Å². The van der Waals surface area contributed by atoms with Gasteiger partial charge >= 0.3 is 5.97 Å². The van der Waals surface area contributed by atoms with Gasteiger partial charge in [0.2, 0.25) is 5.78 Å². The first-order valence-electron chi connectivity index (χ1n) is 6.29. The van der Waals surface area contributed by atoms with Crippen molar-refractivity contribution in [2.24, 2.45) is 0 Å². The summed E-state index contributed by atoms with van der Waals surface area (Å²) in [6, 6.07) is 10.0. The van der Waals surface area contributed by atoms with Gasteiger partial charge in [-0.3, -0.25) is 4.79 Å². The fourth-order valence-electron chi connectivity index (χ4n) is 1.66. The number of rotatable bonds is 5. The van der Waals surface area contributed by atoms with Crippen LogP contribution in [0.5, 0.6) is 0 Å². The summed E-state index contributed by atoms with van der Waals surface area (Å²) in [4.78, 5) is 24.9. The highest BCUT2D eigenvalue weighted by molar-refractivity contribution is 7.16. The van der Waals surface area contributed by atoms with E-state index in [-0.39, 0.29) is 11.8 Å². The minimum absolute atomic E-state index is 0.142. The number of anilines is 1. The van der Waals surface area contributed by atoms with E-state index in [1.165, 1.54) is 0 Å². The number of ether oxygens (including phenoxy) is 1. The number of benzene rings is 1. The molecule has 0 fully saturated rings. The van der Waals surface area contributed by atoms with Gasteiger partial charge in [-0.1, -0.05) is 19.1 Å². The van der Waals surface area contributed by atoms with E-state index in [2.05, 4.69) is 0 Å². The lowest BCUT2D eigenvalue weighted by molar-refractivity contribution is 0.0511. The summed E-state index contributed by atoms with van der Waals surface area (Å²) in [6.45, 7) is 2.31. The summed E-state index contributed by atoms with van der Waals surface area (Å²) in [5, 5.41) is 0. The number of esters is 1. The predicted octanol–water partition coefficient (Wildman–Crippen LogP) is 3.13. The van der Waals surface area contributed by atoms with Crippen molar-refractivity contribution < 1.29 is 14.3 Å². The molecule has 2 N–H and O–H groups in total. The van der Waals surface area contributed by atoms with Gasteiger partial charge in [0.1, 0.15) is 4.88 Å². The number of carbonyl (C=O) groups is 2. The van der Waals surface area contributed by atoms with Gasteiger partial charge in [0, 0.05) is 11.3 Å². The Morgan fingerprint density at radius 1 is 1.20 bits per heavy atom. The van der Waals surface area contributed by atoms with Crippen LogP contribution in [0.1, 0.15) is 38.3 Å². The summed E-state index contributed by atoms with van der Waals surface area (Å²) in [5.74, 6) is -0.527. The highest BCUT2D eigenvalue weighted by atomic mass is 32.1. The number of carbonyl (C=O) groups excluding carboxylic acids is 2.